The van der Waals surface area contributed by atoms with Crippen molar-refractivity contribution in [1.82, 2.24) is 5.01 Å². The Kier molecular flexibility index (Phi) is 1.62. The van der Waals surface area contributed by atoms with Gasteiger partial charge >= 0.3 is 0 Å². The third-order valence-electron chi connectivity index (χ3n) is 3.39. The quantitative estimate of drug-likeness (QED) is 0.606. The average Bonchev–Trinajstić information content (AvgIpc) is 2.86. The molecule has 3 heteroatoms. The van der Waals surface area contributed by atoms with E-state index in [4.69, 9.17) is 4.74 Å². The third kappa shape index (κ3) is 1.46. The zero-order valence-electron chi connectivity index (χ0n) is 7.96. The SMILES string of the molecule is C1CN(N=C2CC3(CC3)C2)CCO1. The molecule has 0 aromatic rings. The first kappa shape index (κ1) is 7.80. The molecule has 72 valence electrons. The summed E-state index contributed by atoms with van der Waals surface area (Å²) in [6.45, 7) is 3.66. The molecule has 0 bridgehead atoms. The zero-order valence-corrected chi connectivity index (χ0v) is 7.96. The Balaban J connectivity index is 1.55. The van der Waals surface area contributed by atoms with Gasteiger partial charge in [0.25, 0.3) is 0 Å². The summed E-state index contributed by atoms with van der Waals surface area (Å²) in [5.41, 5.74) is 2.19. The molecule has 0 atom stereocenters. The molecule has 1 spiro atoms. The molecule has 3 fully saturated rings. The average molecular weight is 180 g/mol. The van der Waals surface area contributed by atoms with Crippen LogP contribution in [-0.2, 0) is 4.74 Å². The smallest absolute Gasteiger partial charge is 0.0659 e. The molecule has 1 aliphatic heterocycles. The van der Waals surface area contributed by atoms with Crippen LogP contribution >= 0.6 is 0 Å². The van der Waals surface area contributed by atoms with Crippen molar-refractivity contribution in [3.05, 3.63) is 0 Å². The fraction of sp³-hybridized carbons (Fsp3) is 0.900. The minimum absolute atomic E-state index is 0.755. The normalized spacial score (nSPS) is 30.2. The minimum atomic E-state index is 0.755. The summed E-state index contributed by atoms with van der Waals surface area (Å²) >= 11 is 0. The van der Waals surface area contributed by atoms with E-state index < -0.39 is 0 Å². The number of ether oxygens (including phenoxy) is 1. The van der Waals surface area contributed by atoms with Crippen molar-refractivity contribution in [3.63, 3.8) is 0 Å². The van der Waals surface area contributed by atoms with Crippen molar-refractivity contribution in [3.8, 4) is 0 Å². The molecule has 1 saturated heterocycles. The summed E-state index contributed by atoms with van der Waals surface area (Å²) in [6.07, 6.45) is 5.47. The van der Waals surface area contributed by atoms with Gasteiger partial charge in [-0.05, 0) is 31.1 Å². The monoisotopic (exact) mass is 180 g/mol. The van der Waals surface area contributed by atoms with Crippen LogP contribution in [0.3, 0.4) is 0 Å². The van der Waals surface area contributed by atoms with Gasteiger partial charge in [-0.3, -0.25) is 5.01 Å². The van der Waals surface area contributed by atoms with E-state index in [-0.39, 0.29) is 0 Å². The van der Waals surface area contributed by atoms with Crippen molar-refractivity contribution in [2.45, 2.75) is 25.7 Å². The van der Waals surface area contributed by atoms with Gasteiger partial charge in [-0.2, -0.15) is 5.10 Å². The van der Waals surface area contributed by atoms with Crippen molar-refractivity contribution in [2.75, 3.05) is 26.3 Å². The molecule has 0 amide bonds. The van der Waals surface area contributed by atoms with Crippen LogP contribution in [0.2, 0.25) is 0 Å². The molecular formula is C10H16N2O. The predicted molar refractivity (Wildman–Crippen MR) is 50.7 cm³/mol. The summed E-state index contributed by atoms with van der Waals surface area (Å²) < 4.78 is 5.28. The second-order valence-corrected chi connectivity index (χ2v) is 4.59. The van der Waals surface area contributed by atoms with Gasteiger partial charge in [0.05, 0.1) is 26.3 Å². The molecule has 13 heavy (non-hydrogen) atoms. The largest absolute Gasteiger partial charge is 0.378 e. The second kappa shape index (κ2) is 2.71. The lowest BCUT2D eigenvalue weighted by atomic mass is 9.80. The molecule has 0 radical (unpaired) electrons. The van der Waals surface area contributed by atoms with Gasteiger partial charge in [0.2, 0.25) is 0 Å². The van der Waals surface area contributed by atoms with E-state index in [1.807, 2.05) is 0 Å². The van der Waals surface area contributed by atoms with Gasteiger partial charge in [0, 0.05) is 5.71 Å². The van der Waals surface area contributed by atoms with Gasteiger partial charge in [0.15, 0.2) is 0 Å². The number of nitrogens with zero attached hydrogens (tertiary/aromatic N) is 2. The molecular weight excluding hydrogens is 164 g/mol. The first-order valence-electron chi connectivity index (χ1n) is 5.25. The minimum Gasteiger partial charge on any atom is -0.378 e. The molecule has 3 rings (SSSR count). The van der Waals surface area contributed by atoms with E-state index in [2.05, 4.69) is 10.1 Å². The number of morpholine rings is 1. The Morgan fingerprint density at radius 3 is 2.46 bits per heavy atom. The van der Waals surface area contributed by atoms with E-state index in [0.29, 0.717) is 0 Å². The van der Waals surface area contributed by atoms with Crippen LogP contribution in [0.25, 0.3) is 0 Å². The van der Waals surface area contributed by atoms with Crippen molar-refractivity contribution >= 4 is 5.71 Å². The van der Waals surface area contributed by atoms with Crippen molar-refractivity contribution in [2.24, 2.45) is 10.5 Å². The Hall–Kier alpha value is -0.570. The lowest BCUT2D eigenvalue weighted by Crippen LogP contribution is -2.35. The van der Waals surface area contributed by atoms with Gasteiger partial charge < -0.3 is 4.74 Å². The molecule has 0 unspecified atom stereocenters. The predicted octanol–water partition coefficient (Wildman–Crippen LogP) is 1.25. The number of hydrogen-bond acceptors (Lipinski definition) is 3. The van der Waals surface area contributed by atoms with Crippen LogP contribution < -0.4 is 0 Å². The summed E-state index contributed by atoms with van der Waals surface area (Å²) in [7, 11) is 0. The highest BCUT2D eigenvalue weighted by Gasteiger charge is 2.51. The highest BCUT2D eigenvalue weighted by atomic mass is 16.5. The molecule has 2 saturated carbocycles. The number of hydrogen-bond donors (Lipinski definition) is 0. The first-order chi connectivity index (χ1) is 6.36. The maximum Gasteiger partial charge on any atom is 0.0659 e. The van der Waals surface area contributed by atoms with Crippen LogP contribution in [0.5, 0.6) is 0 Å². The number of hydrazone groups is 1. The Morgan fingerprint density at radius 2 is 1.85 bits per heavy atom. The summed E-state index contributed by atoms with van der Waals surface area (Å²) in [5, 5.41) is 6.82. The Morgan fingerprint density at radius 1 is 1.15 bits per heavy atom. The van der Waals surface area contributed by atoms with Crippen LogP contribution in [0, 0.1) is 5.41 Å². The second-order valence-electron chi connectivity index (χ2n) is 4.59. The lowest BCUT2D eigenvalue weighted by molar-refractivity contribution is 0.0386. The summed E-state index contributed by atoms with van der Waals surface area (Å²) in [4.78, 5) is 0. The highest BCUT2D eigenvalue weighted by Crippen LogP contribution is 2.59. The van der Waals surface area contributed by atoms with E-state index in [1.54, 1.807) is 0 Å². The van der Waals surface area contributed by atoms with E-state index in [0.717, 1.165) is 31.7 Å². The maximum absolute atomic E-state index is 5.28. The molecule has 1 heterocycles. The Labute approximate surface area is 78.7 Å². The van der Waals surface area contributed by atoms with Crippen molar-refractivity contribution < 1.29 is 4.74 Å². The third-order valence-corrected chi connectivity index (χ3v) is 3.39. The van der Waals surface area contributed by atoms with Crippen LogP contribution in [0.1, 0.15) is 25.7 Å². The molecule has 3 nitrogen and oxygen atoms in total. The van der Waals surface area contributed by atoms with Gasteiger partial charge in [-0.25, -0.2) is 0 Å². The summed E-state index contributed by atoms with van der Waals surface area (Å²) in [5.74, 6) is 0. The van der Waals surface area contributed by atoms with Crippen LogP contribution in [0.15, 0.2) is 5.10 Å². The van der Waals surface area contributed by atoms with Crippen LogP contribution in [-0.4, -0.2) is 37.0 Å². The lowest BCUT2D eigenvalue weighted by Gasteiger charge is -2.31. The van der Waals surface area contributed by atoms with Gasteiger partial charge in [-0.1, -0.05) is 0 Å². The molecule has 0 aromatic heterocycles. The fourth-order valence-corrected chi connectivity index (χ4v) is 2.27. The maximum atomic E-state index is 5.28. The summed E-state index contributed by atoms with van der Waals surface area (Å²) in [6, 6.07) is 0. The molecule has 0 N–H and O–H groups in total. The Bertz CT molecular complexity index is 229. The standard InChI is InChI=1S/C10H16N2O/c1-2-10(1)7-9(8-10)11-12-3-5-13-6-4-12/h1-8H2. The number of rotatable bonds is 1. The van der Waals surface area contributed by atoms with E-state index in [9.17, 15) is 0 Å². The zero-order chi connectivity index (χ0) is 8.73. The fourth-order valence-electron chi connectivity index (χ4n) is 2.27. The topological polar surface area (TPSA) is 24.8 Å². The highest BCUT2D eigenvalue weighted by molar-refractivity contribution is 5.92. The van der Waals surface area contributed by atoms with Crippen molar-refractivity contribution in [1.29, 1.82) is 0 Å². The van der Waals surface area contributed by atoms with Crippen LogP contribution in [0.4, 0.5) is 0 Å². The van der Waals surface area contributed by atoms with E-state index in [1.165, 1.54) is 31.4 Å². The molecule has 0 aromatic carbocycles. The van der Waals surface area contributed by atoms with Gasteiger partial charge in [-0.15, -0.1) is 0 Å². The first-order valence-corrected chi connectivity index (χ1v) is 5.25. The van der Waals surface area contributed by atoms with Gasteiger partial charge in [0.1, 0.15) is 0 Å². The molecule has 3 aliphatic rings. The molecule has 2 aliphatic carbocycles. The van der Waals surface area contributed by atoms with E-state index >= 15 is 0 Å².